The molecule has 0 aliphatic carbocycles. The summed E-state index contributed by atoms with van der Waals surface area (Å²) in [6.45, 7) is 0.417. The predicted molar refractivity (Wildman–Crippen MR) is 122 cm³/mol. The van der Waals surface area contributed by atoms with E-state index in [0.29, 0.717) is 30.8 Å². The van der Waals surface area contributed by atoms with E-state index >= 15 is 0 Å². The first kappa shape index (κ1) is 21.2. The quantitative estimate of drug-likeness (QED) is 0.583. The number of carbonyl (C=O) groups is 2. The molecule has 0 atom stereocenters. The van der Waals surface area contributed by atoms with Crippen LogP contribution >= 0.6 is 0 Å². The molecule has 0 fully saturated rings. The molecule has 3 aromatic rings. The van der Waals surface area contributed by atoms with Crippen LogP contribution in [0.1, 0.15) is 29.6 Å². The lowest BCUT2D eigenvalue weighted by molar-refractivity contribution is -0.137. The van der Waals surface area contributed by atoms with E-state index in [1.807, 2.05) is 59.7 Å². The number of carboxylic acid groups (broad SMARTS) is 1. The van der Waals surface area contributed by atoms with Crippen molar-refractivity contribution >= 4 is 23.3 Å². The second-order valence-corrected chi connectivity index (χ2v) is 7.57. The number of carbonyl (C=O) groups excluding carboxylic acids is 1. The molecule has 2 aromatic carbocycles. The molecule has 4 rings (SSSR count). The highest BCUT2D eigenvalue weighted by molar-refractivity contribution is 6.05. The summed E-state index contributed by atoms with van der Waals surface area (Å²) >= 11 is 0. The van der Waals surface area contributed by atoms with Crippen molar-refractivity contribution < 1.29 is 14.7 Å². The Morgan fingerprint density at radius 3 is 2.38 bits per heavy atom. The van der Waals surface area contributed by atoms with Crippen molar-refractivity contribution in [1.29, 1.82) is 0 Å². The van der Waals surface area contributed by atoms with Gasteiger partial charge in [0, 0.05) is 30.9 Å². The number of hydrogen-bond acceptors (Lipinski definition) is 5. The number of aryl methyl sites for hydroxylation is 1. The third-order valence-electron chi connectivity index (χ3n) is 5.22. The topological polar surface area (TPSA) is 81.9 Å². The van der Waals surface area contributed by atoms with E-state index < -0.39 is 5.97 Å². The van der Waals surface area contributed by atoms with Crippen LogP contribution in [-0.4, -0.2) is 38.4 Å². The molecule has 0 unspecified atom stereocenters. The van der Waals surface area contributed by atoms with E-state index in [0.717, 1.165) is 11.4 Å². The number of para-hydroxylation sites is 1. The number of nitrogens with zero attached hydrogens (tertiary/aromatic N) is 5. The summed E-state index contributed by atoms with van der Waals surface area (Å²) in [5.41, 5.74) is 3.05. The van der Waals surface area contributed by atoms with E-state index in [1.165, 1.54) is 0 Å². The Labute approximate surface area is 186 Å². The zero-order valence-corrected chi connectivity index (χ0v) is 17.8. The molecule has 0 saturated carbocycles. The highest BCUT2D eigenvalue weighted by Gasteiger charge is 2.32. The molecule has 0 spiro atoms. The number of hydrazine groups is 1. The third kappa shape index (κ3) is 4.64. The number of allylic oxidation sites excluding steroid dienone is 1. The number of aliphatic carboxylic acids is 1. The van der Waals surface area contributed by atoms with E-state index in [4.69, 9.17) is 5.11 Å². The summed E-state index contributed by atoms with van der Waals surface area (Å²) in [6, 6.07) is 19.0. The Kier molecular flexibility index (Phi) is 6.21. The number of benzene rings is 2. The molecule has 32 heavy (non-hydrogen) atoms. The fourth-order valence-electron chi connectivity index (χ4n) is 3.69. The van der Waals surface area contributed by atoms with Gasteiger partial charge < -0.3 is 10.0 Å². The summed E-state index contributed by atoms with van der Waals surface area (Å²) in [4.78, 5) is 26.7. The monoisotopic (exact) mass is 431 g/mol. The lowest BCUT2D eigenvalue weighted by Gasteiger charge is -2.34. The van der Waals surface area contributed by atoms with Crippen LogP contribution in [0.5, 0.6) is 0 Å². The van der Waals surface area contributed by atoms with Gasteiger partial charge in [-0.05, 0) is 37.1 Å². The van der Waals surface area contributed by atoms with Crippen LogP contribution in [0.15, 0.2) is 85.0 Å². The van der Waals surface area contributed by atoms with Gasteiger partial charge in [0.05, 0.1) is 18.1 Å². The first-order valence-electron chi connectivity index (χ1n) is 10.4. The van der Waals surface area contributed by atoms with Crippen LogP contribution in [0.3, 0.4) is 0 Å². The number of aromatic nitrogens is 2. The lowest BCUT2D eigenvalue weighted by Crippen LogP contribution is -2.47. The SMILES string of the molecule is Cn1cc(N(C(=O)c2ccccc2)N2CN(c3ccccc3)C=C2CCCC(=O)O)cn1. The Morgan fingerprint density at radius 1 is 1.06 bits per heavy atom. The highest BCUT2D eigenvalue weighted by Crippen LogP contribution is 2.31. The third-order valence-corrected chi connectivity index (χ3v) is 5.22. The molecule has 1 aliphatic heterocycles. The molecule has 8 nitrogen and oxygen atoms in total. The van der Waals surface area contributed by atoms with Gasteiger partial charge in [0.25, 0.3) is 5.91 Å². The van der Waals surface area contributed by atoms with Crippen LogP contribution < -0.4 is 9.91 Å². The minimum Gasteiger partial charge on any atom is -0.481 e. The molecule has 0 radical (unpaired) electrons. The summed E-state index contributed by atoms with van der Waals surface area (Å²) in [7, 11) is 1.80. The molecular weight excluding hydrogens is 406 g/mol. The molecule has 1 aromatic heterocycles. The van der Waals surface area contributed by atoms with Crippen LogP contribution in [-0.2, 0) is 11.8 Å². The fourth-order valence-corrected chi connectivity index (χ4v) is 3.69. The maximum atomic E-state index is 13.6. The van der Waals surface area contributed by atoms with Crippen molar-refractivity contribution in [2.45, 2.75) is 19.3 Å². The van der Waals surface area contributed by atoms with Gasteiger partial charge in [0.2, 0.25) is 0 Å². The Balaban J connectivity index is 1.70. The van der Waals surface area contributed by atoms with Gasteiger partial charge >= 0.3 is 5.97 Å². The zero-order valence-electron chi connectivity index (χ0n) is 17.8. The van der Waals surface area contributed by atoms with Crippen LogP contribution in [0.2, 0.25) is 0 Å². The predicted octanol–water partition coefficient (Wildman–Crippen LogP) is 3.86. The Hall–Kier alpha value is -4.07. The van der Waals surface area contributed by atoms with E-state index in [9.17, 15) is 9.59 Å². The van der Waals surface area contributed by atoms with Crippen LogP contribution in [0.4, 0.5) is 11.4 Å². The molecule has 0 saturated heterocycles. The van der Waals surface area contributed by atoms with Gasteiger partial charge in [0.1, 0.15) is 12.4 Å². The normalized spacial score (nSPS) is 13.2. The van der Waals surface area contributed by atoms with Crippen molar-refractivity contribution in [3.8, 4) is 0 Å². The molecule has 2 heterocycles. The van der Waals surface area contributed by atoms with Gasteiger partial charge in [0.15, 0.2) is 0 Å². The van der Waals surface area contributed by atoms with Gasteiger partial charge in [-0.1, -0.05) is 36.4 Å². The van der Waals surface area contributed by atoms with Crippen molar-refractivity contribution in [2.75, 3.05) is 16.6 Å². The van der Waals surface area contributed by atoms with Gasteiger partial charge in [-0.2, -0.15) is 5.10 Å². The largest absolute Gasteiger partial charge is 0.481 e. The van der Waals surface area contributed by atoms with Gasteiger partial charge in [-0.15, -0.1) is 0 Å². The number of amides is 1. The second-order valence-electron chi connectivity index (χ2n) is 7.57. The zero-order chi connectivity index (χ0) is 22.5. The summed E-state index contributed by atoms with van der Waals surface area (Å²) in [5, 5.41) is 16.9. The van der Waals surface area contributed by atoms with Crippen LogP contribution in [0, 0.1) is 0 Å². The lowest BCUT2D eigenvalue weighted by atomic mass is 10.2. The molecule has 164 valence electrons. The molecule has 1 amide bonds. The minimum atomic E-state index is -0.834. The molecule has 8 heteroatoms. The molecule has 1 N–H and O–H groups in total. The van der Waals surface area contributed by atoms with Crippen molar-refractivity contribution in [2.24, 2.45) is 7.05 Å². The first-order valence-corrected chi connectivity index (χ1v) is 10.4. The standard InChI is InChI=1S/C24H25N5O3/c1-26-16-22(15-25-26)29(24(32)19-9-4-2-5-10-19)28-18-27(20-11-6-3-7-12-20)17-21(28)13-8-14-23(30)31/h2-7,9-12,15-17H,8,13-14,18H2,1H3,(H,30,31). The molecule has 1 aliphatic rings. The number of hydrogen-bond donors (Lipinski definition) is 1. The summed E-state index contributed by atoms with van der Waals surface area (Å²) in [5.74, 6) is -1.02. The van der Waals surface area contributed by atoms with Crippen molar-refractivity contribution in [3.05, 3.63) is 90.5 Å². The van der Waals surface area contributed by atoms with E-state index in [1.54, 1.807) is 41.3 Å². The average Bonchev–Trinajstić information content (AvgIpc) is 3.42. The van der Waals surface area contributed by atoms with Crippen molar-refractivity contribution in [3.63, 3.8) is 0 Å². The van der Waals surface area contributed by atoms with E-state index in [-0.39, 0.29) is 12.3 Å². The van der Waals surface area contributed by atoms with Crippen molar-refractivity contribution in [1.82, 2.24) is 14.8 Å². The summed E-state index contributed by atoms with van der Waals surface area (Å²) in [6.07, 6.45) is 6.49. The maximum Gasteiger partial charge on any atom is 0.303 e. The molecular formula is C24H25N5O3. The van der Waals surface area contributed by atoms with Gasteiger partial charge in [-0.25, -0.2) is 5.01 Å². The van der Waals surface area contributed by atoms with E-state index in [2.05, 4.69) is 10.00 Å². The summed E-state index contributed by atoms with van der Waals surface area (Å²) < 4.78 is 1.65. The van der Waals surface area contributed by atoms with Gasteiger partial charge in [-0.3, -0.25) is 19.3 Å². The maximum absolute atomic E-state index is 13.6. The Morgan fingerprint density at radius 2 is 1.75 bits per heavy atom. The van der Waals surface area contributed by atoms with Crippen LogP contribution in [0.25, 0.3) is 0 Å². The minimum absolute atomic E-state index is 0.0655. The molecule has 0 bridgehead atoms. The average molecular weight is 431 g/mol. The fraction of sp³-hybridized carbons (Fsp3) is 0.208. The number of carboxylic acids is 1. The smallest absolute Gasteiger partial charge is 0.303 e. The number of anilines is 2. The number of rotatable bonds is 8. The Bertz CT molecular complexity index is 1110. The second kappa shape index (κ2) is 9.38. The first-order chi connectivity index (χ1) is 15.5. The highest BCUT2D eigenvalue weighted by atomic mass is 16.4.